The molecule has 5 aromatic carbocycles. The Hall–Kier alpha value is -3.95. The quantitative estimate of drug-likeness (QED) is 0.0947. The maximum Gasteiger partial charge on any atom is 0.0798 e. The van der Waals surface area contributed by atoms with Crippen LogP contribution in [0.3, 0.4) is 0 Å². The molecule has 0 N–H and O–H groups in total. The molecule has 0 aliphatic heterocycles. The van der Waals surface area contributed by atoms with Gasteiger partial charge in [0.25, 0.3) is 0 Å². The molecule has 2 heterocycles. The first-order chi connectivity index (χ1) is 23.0. The Balaban J connectivity index is 0.000000199. The van der Waals surface area contributed by atoms with Gasteiger partial charge >= 0.3 is 0 Å². The molecule has 0 unspecified atom stereocenters. The van der Waals surface area contributed by atoms with E-state index in [1.54, 1.807) is 0 Å². The average molecular weight is 835 g/mol. The van der Waals surface area contributed by atoms with Gasteiger partial charge in [0, 0.05) is 32.5 Å². The molecule has 251 valence electrons. The van der Waals surface area contributed by atoms with Gasteiger partial charge in [-0.05, 0) is 69.0 Å². The minimum absolute atomic E-state index is 0. The number of aryl methyl sites for hydroxylation is 1. The van der Waals surface area contributed by atoms with Gasteiger partial charge < -0.3 is 9.97 Å². The van der Waals surface area contributed by atoms with Crippen molar-refractivity contribution in [3.63, 3.8) is 0 Å². The minimum Gasteiger partial charge on any atom is -0.305 e. The Labute approximate surface area is 307 Å². The van der Waals surface area contributed by atoms with E-state index >= 15 is 0 Å². The molecular formula is C45H46IrN2Si-2. The Kier molecular flexibility index (Phi) is 11.3. The van der Waals surface area contributed by atoms with Crippen molar-refractivity contribution in [3.05, 3.63) is 138 Å². The third kappa shape index (κ3) is 7.94. The van der Waals surface area contributed by atoms with Crippen molar-refractivity contribution in [1.29, 1.82) is 0 Å². The van der Waals surface area contributed by atoms with Crippen molar-refractivity contribution < 1.29 is 20.1 Å². The van der Waals surface area contributed by atoms with E-state index in [1.807, 2.05) is 24.4 Å². The van der Waals surface area contributed by atoms with Gasteiger partial charge in [-0.25, -0.2) is 0 Å². The molecule has 0 bridgehead atoms. The van der Waals surface area contributed by atoms with Crippen LogP contribution in [0.1, 0.15) is 50.3 Å². The van der Waals surface area contributed by atoms with Gasteiger partial charge in [0.1, 0.15) is 0 Å². The number of aromatic nitrogens is 2. The topological polar surface area (TPSA) is 25.8 Å². The first-order valence-electron chi connectivity index (χ1n) is 17.2. The first-order valence-corrected chi connectivity index (χ1v) is 20.7. The zero-order valence-corrected chi connectivity index (χ0v) is 33.4. The van der Waals surface area contributed by atoms with Crippen LogP contribution < -0.4 is 5.19 Å². The molecule has 2 aromatic heterocycles. The number of pyridine rings is 2. The van der Waals surface area contributed by atoms with Crippen LogP contribution >= 0.6 is 0 Å². The molecule has 0 spiro atoms. The predicted molar refractivity (Wildman–Crippen MR) is 210 cm³/mol. The van der Waals surface area contributed by atoms with Crippen LogP contribution in [-0.4, -0.2) is 18.0 Å². The molecule has 0 saturated carbocycles. The van der Waals surface area contributed by atoms with Gasteiger partial charge in [0.05, 0.1) is 8.07 Å². The molecule has 0 fully saturated rings. The Bertz CT molecular complexity index is 2180. The summed E-state index contributed by atoms with van der Waals surface area (Å²) in [6.07, 6.45) is 5.23. The molecule has 0 atom stereocenters. The molecule has 7 aromatic rings. The fourth-order valence-electron chi connectivity index (χ4n) is 6.78. The van der Waals surface area contributed by atoms with Crippen molar-refractivity contribution in [2.75, 3.05) is 0 Å². The first kappa shape index (κ1) is 36.3. The molecule has 2 nitrogen and oxygen atoms in total. The van der Waals surface area contributed by atoms with Crippen LogP contribution in [0.4, 0.5) is 0 Å². The second-order valence-corrected chi connectivity index (χ2v) is 19.7. The number of benzene rings is 5. The van der Waals surface area contributed by atoms with Crippen LogP contribution in [-0.2, 0) is 26.5 Å². The van der Waals surface area contributed by atoms with Gasteiger partial charge in [-0.15, -0.1) is 59.7 Å². The summed E-state index contributed by atoms with van der Waals surface area (Å²) in [5.41, 5.74) is 8.24. The van der Waals surface area contributed by atoms with Crippen molar-refractivity contribution in [1.82, 2.24) is 9.97 Å². The molecule has 1 radical (unpaired) electrons. The number of rotatable bonds is 6. The third-order valence-electron chi connectivity index (χ3n) is 9.13. The zero-order valence-electron chi connectivity index (χ0n) is 30.0. The Morgan fingerprint density at radius 3 is 1.78 bits per heavy atom. The van der Waals surface area contributed by atoms with Crippen molar-refractivity contribution in [2.24, 2.45) is 5.92 Å². The monoisotopic (exact) mass is 835 g/mol. The SMILES string of the molecule is CC(C)Cc1cc(-c2[c-]cccc2)ncc1[Si](C)(C)C.Cc1cnc(-c2[c-]cc3c4ccccc4c4ccccc4c3c2)cc1C(C)C.[Ir]. The number of fused-ring (bicyclic) bond motifs is 6. The van der Waals surface area contributed by atoms with E-state index in [-0.39, 0.29) is 20.1 Å². The standard InChI is InChI=1S/C27H22N.C18H24NSi.Ir/c1-17(2)25-15-27(28-16-18(25)3)19-12-13-24-22-10-5-4-8-20(22)21-9-6-7-11-23(21)26(24)14-19;1-14(2)11-16-12-17(15-9-7-6-8-10-15)19-13-18(16)20(3,4)5;/h4-11,13-17H,1-3H3;6-9,12-14H,11H2,1-5H3;/q2*-1;. The molecular weight excluding hydrogens is 789 g/mol. The normalized spacial score (nSPS) is 11.6. The van der Waals surface area contributed by atoms with E-state index in [0.717, 1.165) is 28.9 Å². The van der Waals surface area contributed by atoms with Gasteiger partial charge in [-0.1, -0.05) is 130 Å². The molecule has 49 heavy (non-hydrogen) atoms. The number of nitrogens with zero attached hydrogens (tertiary/aromatic N) is 2. The van der Waals surface area contributed by atoms with Gasteiger partial charge in [-0.3, -0.25) is 0 Å². The van der Waals surface area contributed by atoms with Crippen molar-refractivity contribution in [3.8, 4) is 22.5 Å². The van der Waals surface area contributed by atoms with Crippen molar-refractivity contribution in [2.45, 2.75) is 66.6 Å². The van der Waals surface area contributed by atoms with Crippen LogP contribution in [0.5, 0.6) is 0 Å². The summed E-state index contributed by atoms with van der Waals surface area (Å²) in [5.74, 6) is 1.15. The van der Waals surface area contributed by atoms with E-state index in [2.05, 4.69) is 156 Å². The zero-order chi connectivity index (χ0) is 34.0. The van der Waals surface area contributed by atoms with Crippen LogP contribution in [0.25, 0.3) is 54.8 Å². The summed E-state index contributed by atoms with van der Waals surface area (Å²) in [4.78, 5) is 9.40. The Morgan fingerprint density at radius 2 is 1.20 bits per heavy atom. The fraction of sp³-hybridized carbons (Fsp3) is 0.244. The largest absolute Gasteiger partial charge is 0.305 e. The summed E-state index contributed by atoms with van der Waals surface area (Å²) in [6, 6.07) is 41.1. The number of hydrogen-bond acceptors (Lipinski definition) is 2. The van der Waals surface area contributed by atoms with Crippen LogP contribution in [0, 0.1) is 25.0 Å². The fourth-order valence-corrected chi connectivity index (χ4v) is 8.37. The molecule has 0 saturated heterocycles. The predicted octanol–water partition coefficient (Wildman–Crippen LogP) is 11.7. The molecule has 7 rings (SSSR count). The molecule has 4 heteroatoms. The maximum absolute atomic E-state index is 4.71. The summed E-state index contributed by atoms with van der Waals surface area (Å²) in [6.45, 7) is 18.3. The van der Waals surface area contributed by atoms with Crippen LogP contribution in [0.2, 0.25) is 19.6 Å². The van der Waals surface area contributed by atoms with E-state index in [1.165, 1.54) is 54.2 Å². The molecule has 0 amide bonds. The smallest absolute Gasteiger partial charge is 0.0798 e. The van der Waals surface area contributed by atoms with Crippen molar-refractivity contribution >= 4 is 45.6 Å². The van der Waals surface area contributed by atoms with Crippen LogP contribution in [0.15, 0.2) is 109 Å². The van der Waals surface area contributed by atoms with Gasteiger partial charge in [-0.2, -0.15) is 0 Å². The van der Waals surface area contributed by atoms with Gasteiger partial charge in [0.2, 0.25) is 0 Å². The summed E-state index contributed by atoms with van der Waals surface area (Å²) in [5, 5.41) is 9.14. The van der Waals surface area contributed by atoms with E-state index in [9.17, 15) is 0 Å². The summed E-state index contributed by atoms with van der Waals surface area (Å²) >= 11 is 0. The second kappa shape index (κ2) is 15.3. The minimum atomic E-state index is -1.34. The maximum atomic E-state index is 4.71. The molecule has 0 aliphatic rings. The van der Waals surface area contributed by atoms with E-state index in [4.69, 9.17) is 4.98 Å². The average Bonchev–Trinajstić information content (AvgIpc) is 3.08. The second-order valence-electron chi connectivity index (χ2n) is 14.7. The summed E-state index contributed by atoms with van der Waals surface area (Å²) < 4.78 is 0. The van der Waals surface area contributed by atoms with Gasteiger partial charge in [0.15, 0.2) is 0 Å². The molecule has 0 aliphatic carbocycles. The number of hydrogen-bond donors (Lipinski definition) is 0. The summed E-state index contributed by atoms with van der Waals surface area (Å²) in [7, 11) is -1.34. The van der Waals surface area contributed by atoms with E-state index in [0.29, 0.717) is 11.8 Å². The van der Waals surface area contributed by atoms with E-state index < -0.39 is 8.07 Å². The third-order valence-corrected chi connectivity index (χ3v) is 11.2. The Morgan fingerprint density at radius 1 is 0.633 bits per heavy atom.